The highest BCUT2D eigenvalue weighted by Crippen LogP contribution is 2.25. The van der Waals surface area contributed by atoms with E-state index in [4.69, 9.17) is 0 Å². The van der Waals surface area contributed by atoms with Crippen LogP contribution >= 0.6 is 0 Å². The van der Waals surface area contributed by atoms with Crippen LogP contribution in [0.4, 0.5) is 5.82 Å². The molecule has 2 aromatic rings. The SMILES string of the molecule is Cc1ccc(-c2ccc(N3CCC[C@H](C(=O)NCCC4=CCCCC4)C3)nn2)cc1C. The third-order valence-electron chi connectivity index (χ3n) is 6.70. The Morgan fingerprint density at radius 2 is 2.00 bits per heavy atom. The number of hydrogen-bond donors (Lipinski definition) is 1. The summed E-state index contributed by atoms with van der Waals surface area (Å²) < 4.78 is 0. The highest BCUT2D eigenvalue weighted by Gasteiger charge is 2.26. The molecule has 1 amide bonds. The molecule has 31 heavy (non-hydrogen) atoms. The fourth-order valence-electron chi connectivity index (χ4n) is 4.57. The molecule has 0 bridgehead atoms. The minimum Gasteiger partial charge on any atom is -0.355 e. The Morgan fingerprint density at radius 1 is 1.10 bits per heavy atom. The highest BCUT2D eigenvalue weighted by atomic mass is 16.1. The Balaban J connectivity index is 1.32. The fraction of sp³-hybridized carbons (Fsp3) is 0.500. The highest BCUT2D eigenvalue weighted by molar-refractivity contribution is 5.79. The zero-order valence-electron chi connectivity index (χ0n) is 18.9. The van der Waals surface area contributed by atoms with Crippen molar-refractivity contribution in [2.45, 2.75) is 58.8 Å². The van der Waals surface area contributed by atoms with Gasteiger partial charge < -0.3 is 10.2 Å². The maximum atomic E-state index is 12.7. The van der Waals surface area contributed by atoms with Crippen LogP contribution in [-0.2, 0) is 4.79 Å². The van der Waals surface area contributed by atoms with Gasteiger partial charge in [0.15, 0.2) is 5.82 Å². The molecule has 1 saturated heterocycles. The van der Waals surface area contributed by atoms with Crippen LogP contribution in [0.1, 0.15) is 56.1 Å². The Bertz CT molecular complexity index is 935. The van der Waals surface area contributed by atoms with E-state index in [1.807, 2.05) is 12.1 Å². The van der Waals surface area contributed by atoms with E-state index in [0.717, 1.165) is 49.4 Å². The molecule has 5 heteroatoms. The first-order valence-electron chi connectivity index (χ1n) is 11.7. The van der Waals surface area contributed by atoms with Crippen molar-refractivity contribution >= 4 is 11.7 Å². The number of allylic oxidation sites excluding steroid dienone is 1. The molecule has 1 aliphatic heterocycles. The molecular weight excluding hydrogens is 384 g/mol. The minimum atomic E-state index is 0.0234. The van der Waals surface area contributed by atoms with Gasteiger partial charge in [-0.25, -0.2) is 0 Å². The number of carbonyl (C=O) groups is 1. The number of nitrogens with zero attached hydrogens (tertiary/aromatic N) is 3. The third-order valence-corrected chi connectivity index (χ3v) is 6.70. The molecule has 0 unspecified atom stereocenters. The third kappa shape index (κ3) is 5.52. The van der Waals surface area contributed by atoms with Crippen molar-refractivity contribution in [1.29, 1.82) is 0 Å². The number of rotatable bonds is 6. The van der Waals surface area contributed by atoms with Crippen molar-refractivity contribution in [3.8, 4) is 11.3 Å². The summed E-state index contributed by atoms with van der Waals surface area (Å²) in [5, 5.41) is 12.1. The van der Waals surface area contributed by atoms with E-state index in [0.29, 0.717) is 6.54 Å². The normalized spacial score (nSPS) is 19.1. The molecule has 1 aromatic heterocycles. The van der Waals surface area contributed by atoms with E-state index < -0.39 is 0 Å². The first-order valence-corrected chi connectivity index (χ1v) is 11.7. The summed E-state index contributed by atoms with van der Waals surface area (Å²) in [6.45, 7) is 6.63. The summed E-state index contributed by atoms with van der Waals surface area (Å²) in [5.41, 5.74) is 6.02. The van der Waals surface area contributed by atoms with Gasteiger partial charge in [0, 0.05) is 25.2 Å². The number of aromatic nitrogens is 2. The topological polar surface area (TPSA) is 58.1 Å². The first kappa shape index (κ1) is 21.5. The second kappa shape index (κ2) is 10.1. The lowest BCUT2D eigenvalue weighted by Gasteiger charge is -2.32. The second-order valence-electron chi connectivity index (χ2n) is 9.01. The number of hydrogen-bond acceptors (Lipinski definition) is 4. The van der Waals surface area contributed by atoms with Crippen molar-refractivity contribution < 1.29 is 4.79 Å². The van der Waals surface area contributed by atoms with Crippen LogP contribution < -0.4 is 10.2 Å². The molecule has 1 fully saturated rings. The summed E-state index contributed by atoms with van der Waals surface area (Å²) in [6, 6.07) is 10.4. The number of amides is 1. The zero-order chi connectivity index (χ0) is 21.6. The molecular formula is C26H34N4O. The average molecular weight is 419 g/mol. The molecule has 1 atom stereocenters. The van der Waals surface area contributed by atoms with E-state index in [2.05, 4.69) is 58.5 Å². The summed E-state index contributed by atoms with van der Waals surface area (Å²) in [5.74, 6) is 1.06. The molecule has 4 rings (SSSR count). The quantitative estimate of drug-likeness (QED) is 0.672. The van der Waals surface area contributed by atoms with E-state index in [1.54, 1.807) is 0 Å². The maximum Gasteiger partial charge on any atom is 0.224 e. The molecule has 164 valence electrons. The molecule has 0 radical (unpaired) electrons. The molecule has 2 heterocycles. The van der Waals surface area contributed by atoms with Crippen LogP contribution in [0.3, 0.4) is 0 Å². The number of benzene rings is 1. The number of carbonyl (C=O) groups excluding carboxylic acids is 1. The Morgan fingerprint density at radius 3 is 2.74 bits per heavy atom. The Hall–Kier alpha value is -2.69. The van der Waals surface area contributed by atoms with Gasteiger partial charge in [0.05, 0.1) is 11.6 Å². The lowest BCUT2D eigenvalue weighted by Crippen LogP contribution is -2.43. The number of piperidine rings is 1. The molecule has 0 saturated carbocycles. The fourth-order valence-corrected chi connectivity index (χ4v) is 4.57. The average Bonchev–Trinajstić information content (AvgIpc) is 2.82. The van der Waals surface area contributed by atoms with Gasteiger partial charge in [0.1, 0.15) is 0 Å². The molecule has 0 spiro atoms. The molecule has 2 aliphatic rings. The van der Waals surface area contributed by atoms with Crippen LogP contribution in [0.2, 0.25) is 0 Å². The summed E-state index contributed by atoms with van der Waals surface area (Å²) in [6.07, 6.45) is 10.3. The van der Waals surface area contributed by atoms with Crippen molar-refractivity contribution in [2.75, 3.05) is 24.5 Å². The van der Waals surface area contributed by atoms with Crippen LogP contribution in [0, 0.1) is 19.8 Å². The largest absolute Gasteiger partial charge is 0.355 e. The Labute approximate surface area is 186 Å². The standard InChI is InChI=1S/C26H34N4O/c1-19-10-11-22(17-20(19)2)24-12-13-25(29-28-24)30-16-6-9-23(18-30)26(31)27-15-14-21-7-4-3-5-8-21/h7,10-13,17,23H,3-6,8-9,14-16,18H2,1-2H3,(H,27,31)/t23-/m0/s1. The monoisotopic (exact) mass is 418 g/mol. The van der Waals surface area contributed by atoms with E-state index in [9.17, 15) is 4.79 Å². The summed E-state index contributed by atoms with van der Waals surface area (Å²) in [7, 11) is 0. The number of nitrogens with one attached hydrogen (secondary N) is 1. The summed E-state index contributed by atoms with van der Waals surface area (Å²) >= 11 is 0. The number of anilines is 1. The van der Waals surface area contributed by atoms with Gasteiger partial charge in [0.2, 0.25) is 5.91 Å². The van der Waals surface area contributed by atoms with E-state index in [1.165, 1.54) is 42.4 Å². The van der Waals surface area contributed by atoms with Gasteiger partial charge in [-0.3, -0.25) is 4.79 Å². The molecule has 1 aromatic carbocycles. The van der Waals surface area contributed by atoms with Crippen LogP contribution in [0.25, 0.3) is 11.3 Å². The van der Waals surface area contributed by atoms with Crippen LogP contribution in [-0.4, -0.2) is 35.7 Å². The summed E-state index contributed by atoms with van der Waals surface area (Å²) in [4.78, 5) is 14.9. The zero-order valence-corrected chi connectivity index (χ0v) is 18.9. The van der Waals surface area contributed by atoms with Crippen molar-refractivity contribution in [3.63, 3.8) is 0 Å². The van der Waals surface area contributed by atoms with E-state index in [-0.39, 0.29) is 11.8 Å². The van der Waals surface area contributed by atoms with Crippen LogP contribution in [0.15, 0.2) is 42.0 Å². The lowest BCUT2D eigenvalue weighted by molar-refractivity contribution is -0.125. The second-order valence-corrected chi connectivity index (χ2v) is 9.01. The van der Waals surface area contributed by atoms with Crippen LogP contribution in [0.5, 0.6) is 0 Å². The van der Waals surface area contributed by atoms with Gasteiger partial charge >= 0.3 is 0 Å². The maximum absolute atomic E-state index is 12.7. The Kier molecular flexibility index (Phi) is 7.00. The van der Waals surface area contributed by atoms with Crippen molar-refractivity contribution in [3.05, 3.63) is 53.1 Å². The first-order chi connectivity index (χ1) is 15.1. The smallest absolute Gasteiger partial charge is 0.224 e. The molecule has 1 N–H and O–H groups in total. The van der Waals surface area contributed by atoms with Gasteiger partial charge in [-0.15, -0.1) is 10.2 Å². The molecule has 1 aliphatic carbocycles. The van der Waals surface area contributed by atoms with Gasteiger partial charge in [-0.05, 0) is 88.1 Å². The predicted octanol–water partition coefficient (Wildman–Crippen LogP) is 4.98. The minimum absolute atomic E-state index is 0.0234. The lowest BCUT2D eigenvalue weighted by atomic mass is 9.96. The van der Waals surface area contributed by atoms with Crippen molar-refractivity contribution in [2.24, 2.45) is 5.92 Å². The van der Waals surface area contributed by atoms with E-state index >= 15 is 0 Å². The predicted molar refractivity (Wildman–Crippen MR) is 126 cm³/mol. The molecule has 5 nitrogen and oxygen atoms in total. The van der Waals surface area contributed by atoms with Crippen molar-refractivity contribution in [1.82, 2.24) is 15.5 Å². The number of aryl methyl sites for hydroxylation is 2. The van der Waals surface area contributed by atoms with Gasteiger partial charge in [0.25, 0.3) is 0 Å². The van der Waals surface area contributed by atoms with Gasteiger partial charge in [-0.2, -0.15) is 0 Å². The van der Waals surface area contributed by atoms with Gasteiger partial charge in [-0.1, -0.05) is 23.8 Å².